The number of ether oxygens (including phenoxy) is 1. The molecule has 4 rings (SSSR count). The lowest BCUT2D eigenvalue weighted by molar-refractivity contribution is 0.0734. The Morgan fingerprint density at radius 2 is 1.89 bits per heavy atom. The fourth-order valence-corrected chi connectivity index (χ4v) is 6.37. The molecule has 3 atom stereocenters. The number of hydrogen-bond donors (Lipinski definition) is 1. The fourth-order valence-electron chi connectivity index (χ4n) is 4.54. The Hall–Kier alpha value is -2.78. The normalized spacial score (nSPS) is 20.7. The average Bonchev–Trinajstić information content (AvgIpc) is 2.86. The highest BCUT2D eigenvalue weighted by Gasteiger charge is 2.38. The molecule has 0 unspecified atom stereocenters. The van der Waals surface area contributed by atoms with Gasteiger partial charge in [-0.1, -0.05) is 48.9 Å². The lowest BCUT2D eigenvalue weighted by atomic mass is 10.0. The molecular weight excluding hydrogens is 474 g/mol. The van der Waals surface area contributed by atoms with E-state index in [2.05, 4.69) is 9.88 Å². The summed E-state index contributed by atoms with van der Waals surface area (Å²) in [6.45, 7) is 7.08. The van der Waals surface area contributed by atoms with Crippen LogP contribution in [-0.4, -0.2) is 66.6 Å². The summed E-state index contributed by atoms with van der Waals surface area (Å²) < 4.78 is 35.3. The maximum Gasteiger partial charge on any atom is 0.247 e. The van der Waals surface area contributed by atoms with Crippen molar-refractivity contribution in [3.05, 3.63) is 78.1 Å². The minimum Gasteiger partial charge on any atom is -0.487 e. The molecule has 1 N–H and O–H groups in total. The van der Waals surface area contributed by atoms with Crippen LogP contribution in [0.5, 0.6) is 5.75 Å². The maximum atomic E-state index is 13.7. The van der Waals surface area contributed by atoms with Gasteiger partial charge < -0.3 is 9.84 Å². The Bertz CT molecular complexity index is 1270. The molecule has 2 aromatic carbocycles. The second-order valence-corrected chi connectivity index (χ2v) is 11.7. The minimum absolute atomic E-state index is 0.110. The van der Waals surface area contributed by atoms with E-state index in [1.54, 1.807) is 19.2 Å². The smallest absolute Gasteiger partial charge is 0.247 e. The summed E-state index contributed by atoms with van der Waals surface area (Å²) in [6.07, 6.45) is 3.34. The van der Waals surface area contributed by atoms with Gasteiger partial charge >= 0.3 is 0 Å². The lowest BCUT2D eigenvalue weighted by Gasteiger charge is -2.37. The van der Waals surface area contributed by atoms with Gasteiger partial charge in [0.25, 0.3) is 0 Å². The Kier molecular flexibility index (Phi) is 8.10. The van der Waals surface area contributed by atoms with E-state index >= 15 is 0 Å². The largest absolute Gasteiger partial charge is 0.487 e. The number of aliphatic hydroxyl groups excluding tert-OH is 1. The third-order valence-electron chi connectivity index (χ3n) is 6.72. The number of benzene rings is 2. The van der Waals surface area contributed by atoms with E-state index in [9.17, 15) is 13.5 Å². The third-order valence-corrected chi connectivity index (χ3v) is 8.74. The molecule has 0 radical (unpaired) electrons. The number of aryl methyl sites for hydroxylation is 1. The van der Waals surface area contributed by atoms with E-state index in [0.29, 0.717) is 18.8 Å². The summed E-state index contributed by atoms with van der Waals surface area (Å²) in [6, 6.07) is 16.8. The number of rotatable bonds is 7. The van der Waals surface area contributed by atoms with Crippen LogP contribution in [0, 0.1) is 12.8 Å². The first-order valence-electron chi connectivity index (χ1n) is 12.3. The average molecular weight is 510 g/mol. The van der Waals surface area contributed by atoms with E-state index in [1.165, 1.54) is 4.31 Å². The number of sulfonamides is 1. The molecule has 192 valence electrons. The molecule has 0 aliphatic carbocycles. The molecule has 1 aromatic heterocycles. The maximum absolute atomic E-state index is 13.7. The van der Waals surface area contributed by atoms with Gasteiger partial charge in [-0.15, -0.1) is 0 Å². The number of aromatic nitrogens is 1. The zero-order valence-electron chi connectivity index (χ0n) is 21.3. The van der Waals surface area contributed by atoms with Gasteiger partial charge in [-0.05, 0) is 55.8 Å². The van der Waals surface area contributed by atoms with Crippen molar-refractivity contribution in [2.45, 2.75) is 44.4 Å². The van der Waals surface area contributed by atoms with Crippen LogP contribution in [0.1, 0.15) is 25.0 Å². The molecule has 0 fully saturated rings. The minimum atomic E-state index is -3.87. The summed E-state index contributed by atoms with van der Waals surface area (Å²) >= 11 is 0. The van der Waals surface area contributed by atoms with Gasteiger partial charge in [-0.3, -0.25) is 9.88 Å². The highest BCUT2D eigenvalue weighted by molar-refractivity contribution is 7.89. The van der Waals surface area contributed by atoms with Crippen molar-refractivity contribution in [3.8, 4) is 16.9 Å². The molecule has 0 amide bonds. The van der Waals surface area contributed by atoms with E-state index < -0.39 is 16.1 Å². The van der Waals surface area contributed by atoms with Crippen LogP contribution in [0.2, 0.25) is 0 Å². The fraction of sp³-hybridized carbons (Fsp3) is 0.393. The van der Waals surface area contributed by atoms with Crippen molar-refractivity contribution in [1.29, 1.82) is 0 Å². The van der Waals surface area contributed by atoms with E-state index in [-0.39, 0.29) is 30.1 Å². The first-order chi connectivity index (χ1) is 17.2. The Balaban J connectivity index is 1.72. The number of fused-ring (bicyclic) bond motifs is 1. The van der Waals surface area contributed by atoms with Gasteiger partial charge in [0.05, 0.1) is 6.61 Å². The summed E-state index contributed by atoms with van der Waals surface area (Å²) in [5, 5.41) is 9.85. The molecule has 2 heterocycles. The van der Waals surface area contributed by atoms with Crippen LogP contribution < -0.4 is 4.74 Å². The monoisotopic (exact) mass is 509 g/mol. The molecule has 1 aliphatic heterocycles. The van der Waals surface area contributed by atoms with E-state index in [0.717, 1.165) is 22.3 Å². The van der Waals surface area contributed by atoms with Gasteiger partial charge in [0.15, 0.2) is 0 Å². The van der Waals surface area contributed by atoms with Crippen LogP contribution >= 0.6 is 0 Å². The van der Waals surface area contributed by atoms with Crippen LogP contribution in [0.3, 0.4) is 0 Å². The molecule has 0 spiro atoms. The number of nitrogens with zero attached hydrogens (tertiary/aromatic N) is 3. The van der Waals surface area contributed by atoms with Crippen molar-refractivity contribution in [2.75, 3.05) is 26.7 Å². The molecule has 0 bridgehead atoms. The summed E-state index contributed by atoms with van der Waals surface area (Å²) in [5.74, 6) is 0.232. The van der Waals surface area contributed by atoms with Crippen LogP contribution in [0.15, 0.2) is 71.9 Å². The SMILES string of the molecule is Cc1ccc(-c2ccc3c(c2)O[C@@H](CN(C)Cc2cccnc2)[C@@H](C)CN([C@@H](C)CO)S3(=O)=O)cc1. The summed E-state index contributed by atoms with van der Waals surface area (Å²) in [5.41, 5.74) is 4.13. The molecule has 7 nitrogen and oxygen atoms in total. The van der Waals surface area contributed by atoms with Crippen LogP contribution in [0.25, 0.3) is 11.1 Å². The van der Waals surface area contributed by atoms with Crippen molar-refractivity contribution < 1.29 is 18.3 Å². The molecule has 8 heteroatoms. The van der Waals surface area contributed by atoms with Crippen molar-refractivity contribution in [1.82, 2.24) is 14.2 Å². The number of aliphatic hydroxyl groups is 1. The Morgan fingerprint density at radius 3 is 2.56 bits per heavy atom. The number of hydrogen-bond acceptors (Lipinski definition) is 6. The Morgan fingerprint density at radius 1 is 1.17 bits per heavy atom. The van der Waals surface area contributed by atoms with Gasteiger partial charge in [-0.2, -0.15) is 4.31 Å². The molecule has 36 heavy (non-hydrogen) atoms. The summed E-state index contributed by atoms with van der Waals surface area (Å²) in [7, 11) is -1.84. The standard InChI is InChI=1S/C28H35N3O4S/c1-20-7-9-24(10-8-20)25-11-12-28-26(14-25)35-27(18-30(4)17-23-6-5-13-29-15-23)21(2)16-31(22(3)19-32)36(28,33)34/h5-15,21-22,27,32H,16-19H2,1-4H3/t21-,22-,27-/m0/s1. The first-order valence-corrected chi connectivity index (χ1v) is 13.7. The van der Waals surface area contributed by atoms with Crippen molar-refractivity contribution >= 4 is 10.0 Å². The number of pyridine rings is 1. The van der Waals surface area contributed by atoms with E-state index in [4.69, 9.17) is 4.74 Å². The molecule has 0 saturated carbocycles. The highest BCUT2D eigenvalue weighted by atomic mass is 32.2. The second-order valence-electron chi connectivity index (χ2n) is 9.83. The molecular formula is C28H35N3O4S. The predicted molar refractivity (Wildman–Crippen MR) is 141 cm³/mol. The zero-order chi connectivity index (χ0) is 25.9. The summed E-state index contributed by atoms with van der Waals surface area (Å²) in [4.78, 5) is 6.49. The highest BCUT2D eigenvalue weighted by Crippen LogP contribution is 2.36. The quantitative estimate of drug-likeness (QED) is 0.519. The van der Waals surface area contributed by atoms with Crippen molar-refractivity contribution in [2.24, 2.45) is 5.92 Å². The van der Waals surface area contributed by atoms with Crippen LogP contribution in [-0.2, 0) is 16.6 Å². The zero-order valence-corrected chi connectivity index (χ0v) is 22.1. The molecule has 3 aromatic rings. The van der Waals surface area contributed by atoms with Gasteiger partial charge in [0.1, 0.15) is 16.7 Å². The van der Waals surface area contributed by atoms with Gasteiger partial charge in [-0.25, -0.2) is 8.42 Å². The predicted octanol–water partition coefficient (Wildman–Crippen LogP) is 3.96. The molecule has 1 aliphatic rings. The molecule has 0 saturated heterocycles. The van der Waals surface area contributed by atoms with E-state index in [1.807, 2.05) is 75.6 Å². The third kappa shape index (κ3) is 5.78. The van der Waals surface area contributed by atoms with Crippen molar-refractivity contribution in [3.63, 3.8) is 0 Å². The second kappa shape index (κ2) is 11.1. The Labute approximate surface area is 214 Å². The van der Waals surface area contributed by atoms with Gasteiger partial charge in [0.2, 0.25) is 10.0 Å². The number of likely N-dealkylation sites (N-methyl/N-ethyl adjacent to an activating group) is 1. The van der Waals surface area contributed by atoms with Gasteiger partial charge in [0, 0.05) is 44.0 Å². The lowest BCUT2D eigenvalue weighted by Crippen LogP contribution is -2.49. The first kappa shape index (κ1) is 26.3. The topological polar surface area (TPSA) is 83.0 Å². The van der Waals surface area contributed by atoms with Crippen LogP contribution in [0.4, 0.5) is 0 Å².